The predicted molar refractivity (Wildman–Crippen MR) is 69.0 cm³/mol. The molecule has 0 spiro atoms. The topological polar surface area (TPSA) is 84.2 Å². The van der Waals surface area contributed by atoms with E-state index in [9.17, 15) is 9.59 Å². The first-order chi connectivity index (χ1) is 9.06. The molecule has 2 aromatic rings. The van der Waals surface area contributed by atoms with Gasteiger partial charge in [-0.05, 0) is 30.7 Å². The van der Waals surface area contributed by atoms with Gasteiger partial charge in [0.25, 0.3) is 5.91 Å². The minimum atomic E-state index is -0.998. The Hall–Kier alpha value is -2.63. The van der Waals surface area contributed by atoms with E-state index in [1.807, 2.05) is 6.92 Å². The number of aromatic nitrogens is 2. The number of amides is 1. The molecule has 0 bridgehead atoms. The molecule has 2 N–H and O–H groups in total. The summed E-state index contributed by atoms with van der Waals surface area (Å²) in [6, 6.07) is 4.99. The smallest absolute Gasteiger partial charge is 0.323 e. The van der Waals surface area contributed by atoms with Crippen LogP contribution in [0.25, 0.3) is 0 Å². The van der Waals surface area contributed by atoms with Crippen molar-refractivity contribution < 1.29 is 14.7 Å². The number of rotatable bonds is 4. The zero-order chi connectivity index (χ0) is 13.8. The van der Waals surface area contributed by atoms with Gasteiger partial charge in [0.15, 0.2) is 0 Å². The van der Waals surface area contributed by atoms with Gasteiger partial charge in [-0.15, -0.1) is 0 Å². The predicted octanol–water partition coefficient (Wildman–Crippen LogP) is 1.53. The fourth-order valence-electron chi connectivity index (χ4n) is 1.72. The number of nitrogens with zero attached hydrogens (tertiary/aromatic N) is 2. The highest BCUT2D eigenvalue weighted by Crippen LogP contribution is 2.10. The van der Waals surface area contributed by atoms with Crippen LogP contribution >= 0.6 is 0 Å². The third-order valence-corrected chi connectivity index (χ3v) is 2.50. The number of pyridine rings is 1. The van der Waals surface area contributed by atoms with Crippen LogP contribution in [0.4, 0.5) is 5.69 Å². The number of carbonyl (C=O) groups excluding carboxylic acids is 1. The molecule has 0 aromatic carbocycles. The standard InChI is InChI=1S/C13H13N3O3/c1-9-5-10(7-14-6-9)15-13(19)11-3-2-4-16(11)8-12(17)18/h2-7H,8H2,1H3,(H,15,19)(H,17,18). The molecule has 0 aliphatic heterocycles. The van der Waals surface area contributed by atoms with Crippen LogP contribution in [0.3, 0.4) is 0 Å². The number of aryl methyl sites for hydroxylation is 1. The van der Waals surface area contributed by atoms with E-state index in [1.54, 1.807) is 30.6 Å². The van der Waals surface area contributed by atoms with Gasteiger partial charge < -0.3 is 15.0 Å². The van der Waals surface area contributed by atoms with Crippen molar-refractivity contribution in [2.75, 3.05) is 5.32 Å². The lowest BCUT2D eigenvalue weighted by molar-refractivity contribution is -0.137. The first-order valence-electron chi connectivity index (χ1n) is 5.66. The fourth-order valence-corrected chi connectivity index (χ4v) is 1.72. The highest BCUT2D eigenvalue weighted by Gasteiger charge is 2.12. The number of anilines is 1. The summed E-state index contributed by atoms with van der Waals surface area (Å²) < 4.78 is 1.38. The van der Waals surface area contributed by atoms with Gasteiger partial charge >= 0.3 is 5.97 Å². The van der Waals surface area contributed by atoms with Gasteiger partial charge in [-0.2, -0.15) is 0 Å². The molecule has 2 aromatic heterocycles. The van der Waals surface area contributed by atoms with Crippen molar-refractivity contribution in [2.45, 2.75) is 13.5 Å². The summed E-state index contributed by atoms with van der Waals surface area (Å²) in [4.78, 5) is 26.7. The number of aliphatic carboxylic acids is 1. The van der Waals surface area contributed by atoms with Gasteiger partial charge in [0.1, 0.15) is 12.2 Å². The van der Waals surface area contributed by atoms with Crippen LogP contribution in [0.5, 0.6) is 0 Å². The van der Waals surface area contributed by atoms with Crippen LogP contribution in [0.15, 0.2) is 36.8 Å². The van der Waals surface area contributed by atoms with Crippen molar-refractivity contribution in [3.63, 3.8) is 0 Å². The molecular weight excluding hydrogens is 246 g/mol. The average Bonchev–Trinajstić information content (AvgIpc) is 2.76. The molecule has 6 nitrogen and oxygen atoms in total. The van der Waals surface area contributed by atoms with Crippen LogP contribution in [0.2, 0.25) is 0 Å². The van der Waals surface area contributed by atoms with Gasteiger partial charge in [0.05, 0.1) is 11.9 Å². The second-order valence-electron chi connectivity index (χ2n) is 4.12. The molecular formula is C13H13N3O3. The van der Waals surface area contributed by atoms with Crippen molar-refractivity contribution in [3.05, 3.63) is 48.0 Å². The Labute approximate surface area is 109 Å². The molecule has 2 rings (SSSR count). The SMILES string of the molecule is Cc1cncc(NC(=O)c2cccn2CC(=O)O)c1. The molecule has 0 saturated heterocycles. The minimum Gasteiger partial charge on any atom is -0.480 e. The van der Waals surface area contributed by atoms with Crippen LogP contribution in [0, 0.1) is 6.92 Å². The maximum atomic E-state index is 12.0. The lowest BCUT2D eigenvalue weighted by atomic mass is 10.3. The van der Waals surface area contributed by atoms with Crippen LogP contribution in [-0.4, -0.2) is 26.5 Å². The minimum absolute atomic E-state index is 0.248. The molecule has 0 aliphatic carbocycles. The van der Waals surface area contributed by atoms with Crippen molar-refractivity contribution in [1.29, 1.82) is 0 Å². The van der Waals surface area contributed by atoms with Gasteiger partial charge in [-0.25, -0.2) is 0 Å². The van der Waals surface area contributed by atoms with Crippen molar-refractivity contribution in [1.82, 2.24) is 9.55 Å². The lowest BCUT2D eigenvalue weighted by Crippen LogP contribution is -2.19. The molecule has 0 aliphatic rings. The molecule has 0 atom stereocenters. The molecule has 1 amide bonds. The van der Waals surface area contributed by atoms with Crippen molar-refractivity contribution in [3.8, 4) is 0 Å². The molecule has 0 fully saturated rings. The second-order valence-corrected chi connectivity index (χ2v) is 4.12. The molecule has 2 heterocycles. The normalized spacial score (nSPS) is 10.2. The number of carbonyl (C=O) groups is 2. The first kappa shape index (κ1) is 12.8. The molecule has 0 radical (unpaired) electrons. The fraction of sp³-hybridized carbons (Fsp3) is 0.154. The van der Waals surface area contributed by atoms with Crippen molar-refractivity contribution in [2.24, 2.45) is 0 Å². The number of hydrogen-bond donors (Lipinski definition) is 2. The van der Waals surface area contributed by atoms with Crippen molar-refractivity contribution >= 4 is 17.6 Å². The summed E-state index contributed by atoms with van der Waals surface area (Å²) in [7, 11) is 0. The van der Waals surface area contributed by atoms with E-state index in [-0.39, 0.29) is 12.5 Å². The Morgan fingerprint density at radius 2 is 2.21 bits per heavy atom. The Morgan fingerprint density at radius 3 is 2.89 bits per heavy atom. The summed E-state index contributed by atoms with van der Waals surface area (Å²) in [5.41, 5.74) is 1.80. The van der Waals surface area contributed by atoms with Crippen LogP contribution in [-0.2, 0) is 11.3 Å². The zero-order valence-corrected chi connectivity index (χ0v) is 10.3. The monoisotopic (exact) mass is 259 g/mol. The van der Waals surface area contributed by atoms with E-state index in [4.69, 9.17) is 5.11 Å². The highest BCUT2D eigenvalue weighted by atomic mass is 16.4. The van der Waals surface area contributed by atoms with E-state index in [2.05, 4.69) is 10.3 Å². The van der Waals surface area contributed by atoms with E-state index in [1.165, 1.54) is 10.8 Å². The molecule has 6 heteroatoms. The first-order valence-corrected chi connectivity index (χ1v) is 5.66. The maximum absolute atomic E-state index is 12.0. The van der Waals surface area contributed by atoms with E-state index < -0.39 is 5.97 Å². The Bertz CT molecular complexity index is 619. The third-order valence-electron chi connectivity index (χ3n) is 2.50. The van der Waals surface area contributed by atoms with E-state index in [0.717, 1.165) is 5.56 Å². The average molecular weight is 259 g/mol. The zero-order valence-electron chi connectivity index (χ0n) is 10.3. The third kappa shape index (κ3) is 3.19. The van der Waals surface area contributed by atoms with Crippen LogP contribution in [0.1, 0.15) is 16.1 Å². The maximum Gasteiger partial charge on any atom is 0.323 e. The molecule has 19 heavy (non-hydrogen) atoms. The Kier molecular flexibility index (Phi) is 3.61. The summed E-state index contributed by atoms with van der Waals surface area (Å²) in [5, 5.41) is 11.4. The van der Waals surface area contributed by atoms with Gasteiger partial charge in [-0.3, -0.25) is 14.6 Å². The van der Waals surface area contributed by atoms with E-state index >= 15 is 0 Å². The number of hydrogen-bond acceptors (Lipinski definition) is 3. The van der Waals surface area contributed by atoms with E-state index in [0.29, 0.717) is 11.4 Å². The Morgan fingerprint density at radius 1 is 1.42 bits per heavy atom. The Balaban J connectivity index is 2.16. The number of nitrogens with one attached hydrogen (secondary N) is 1. The number of carboxylic acids is 1. The molecule has 0 unspecified atom stereocenters. The second kappa shape index (κ2) is 5.34. The summed E-state index contributed by atoms with van der Waals surface area (Å²) in [6.45, 7) is 1.62. The summed E-state index contributed by atoms with van der Waals surface area (Å²) >= 11 is 0. The van der Waals surface area contributed by atoms with Gasteiger partial charge in [0, 0.05) is 12.4 Å². The number of carboxylic acid groups (broad SMARTS) is 1. The van der Waals surface area contributed by atoms with Gasteiger partial charge in [0.2, 0.25) is 0 Å². The molecule has 0 saturated carbocycles. The summed E-state index contributed by atoms with van der Waals surface area (Å²) in [5.74, 6) is -1.36. The summed E-state index contributed by atoms with van der Waals surface area (Å²) in [6.07, 6.45) is 4.77. The highest BCUT2D eigenvalue weighted by molar-refractivity contribution is 6.03. The van der Waals surface area contributed by atoms with Gasteiger partial charge in [-0.1, -0.05) is 0 Å². The van der Waals surface area contributed by atoms with Crippen LogP contribution < -0.4 is 5.32 Å². The molecule has 98 valence electrons. The lowest BCUT2D eigenvalue weighted by Gasteiger charge is -2.08. The quantitative estimate of drug-likeness (QED) is 0.872. The largest absolute Gasteiger partial charge is 0.480 e.